The second-order valence-corrected chi connectivity index (χ2v) is 5.16. The van der Waals surface area contributed by atoms with Crippen LogP contribution in [0.4, 0.5) is 0 Å². The normalized spacial score (nSPS) is 43.1. The number of hydrogen-bond acceptors (Lipinski definition) is 2. The fourth-order valence-electron chi connectivity index (χ4n) is 1.65. The highest BCUT2D eigenvalue weighted by molar-refractivity contribution is 7.94. The van der Waals surface area contributed by atoms with Crippen LogP contribution in [-0.2, 0) is 9.84 Å². The Labute approximate surface area is 61.0 Å². The second kappa shape index (κ2) is 1.86. The Hall–Kier alpha value is 0.240. The van der Waals surface area contributed by atoms with Crippen molar-refractivity contribution in [2.24, 2.45) is 0 Å². The molecule has 2 bridgehead atoms. The van der Waals surface area contributed by atoms with E-state index in [1.165, 1.54) is 0 Å². The third-order valence-electron chi connectivity index (χ3n) is 2.27. The van der Waals surface area contributed by atoms with Gasteiger partial charge in [0.1, 0.15) is 0 Å². The van der Waals surface area contributed by atoms with Gasteiger partial charge in [0.15, 0.2) is 9.84 Å². The summed E-state index contributed by atoms with van der Waals surface area (Å²) in [7, 11) is -2.53. The predicted molar refractivity (Wildman–Crippen MR) is 37.6 cm³/mol. The standard InChI is InChI=1S/C5H8O2S.ClH/c6-8(7)4-1-2-5(8)3-4;/h4-5H,1-3H2;1H. The van der Waals surface area contributed by atoms with Crippen LogP contribution in [0.15, 0.2) is 0 Å². The molecule has 54 valence electrons. The fourth-order valence-corrected chi connectivity index (χ4v) is 3.76. The van der Waals surface area contributed by atoms with Gasteiger partial charge in [0.05, 0.1) is 10.5 Å². The molecule has 0 N–H and O–H groups in total. The number of halogens is 1. The highest BCUT2D eigenvalue weighted by Crippen LogP contribution is 2.43. The van der Waals surface area contributed by atoms with Gasteiger partial charge in [0.25, 0.3) is 0 Å². The number of rotatable bonds is 0. The van der Waals surface area contributed by atoms with Crippen molar-refractivity contribution < 1.29 is 8.42 Å². The van der Waals surface area contributed by atoms with E-state index in [2.05, 4.69) is 0 Å². The molecule has 1 aliphatic carbocycles. The van der Waals surface area contributed by atoms with Crippen molar-refractivity contribution in [2.45, 2.75) is 29.8 Å². The van der Waals surface area contributed by atoms with E-state index < -0.39 is 9.84 Å². The number of hydrogen-bond donors (Lipinski definition) is 0. The molecule has 3 aliphatic rings. The number of sulfone groups is 1. The van der Waals surface area contributed by atoms with E-state index in [1.54, 1.807) is 0 Å². The number of fused-ring (bicyclic) bond motifs is 1. The molecule has 9 heavy (non-hydrogen) atoms. The topological polar surface area (TPSA) is 34.1 Å². The highest BCUT2D eigenvalue weighted by atomic mass is 35.5. The maximum Gasteiger partial charge on any atom is 0.156 e. The molecule has 2 unspecified atom stereocenters. The van der Waals surface area contributed by atoms with E-state index in [0.717, 1.165) is 19.3 Å². The maximum atomic E-state index is 10.8. The SMILES string of the molecule is Cl.O=S1(=O)C2CCC1C2. The van der Waals surface area contributed by atoms with Gasteiger partial charge in [-0.15, -0.1) is 12.4 Å². The first-order valence-electron chi connectivity index (χ1n) is 2.94. The molecule has 0 aromatic carbocycles. The van der Waals surface area contributed by atoms with Gasteiger partial charge < -0.3 is 0 Å². The molecule has 2 saturated heterocycles. The minimum absolute atomic E-state index is 0. The van der Waals surface area contributed by atoms with Crippen LogP contribution < -0.4 is 0 Å². The Kier molecular flexibility index (Phi) is 1.52. The second-order valence-electron chi connectivity index (χ2n) is 2.65. The van der Waals surface area contributed by atoms with Gasteiger partial charge in [0.2, 0.25) is 0 Å². The van der Waals surface area contributed by atoms with Crippen LogP contribution in [0.3, 0.4) is 0 Å². The monoisotopic (exact) mass is 168 g/mol. The molecule has 2 heterocycles. The summed E-state index contributed by atoms with van der Waals surface area (Å²) in [4.78, 5) is 0. The lowest BCUT2D eigenvalue weighted by molar-refractivity contribution is 0.550. The zero-order chi connectivity index (χ0) is 5.78. The first-order valence-corrected chi connectivity index (χ1v) is 4.55. The van der Waals surface area contributed by atoms with Crippen LogP contribution >= 0.6 is 12.4 Å². The molecular weight excluding hydrogens is 160 g/mol. The van der Waals surface area contributed by atoms with Gasteiger partial charge in [-0.25, -0.2) is 8.42 Å². The van der Waals surface area contributed by atoms with Crippen LogP contribution in [0.25, 0.3) is 0 Å². The van der Waals surface area contributed by atoms with Crippen molar-refractivity contribution in [3.05, 3.63) is 0 Å². The van der Waals surface area contributed by atoms with Crippen molar-refractivity contribution in [1.29, 1.82) is 0 Å². The minimum atomic E-state index is -2.53. The Bertz CT molecular complexity index is 189. The fraction of sp³-hybridized carbons (Fsp3) is 1.00. The Morgan fingerprint density at radius 2 is 1.56 bits per heavy atom. The average molecular weight is 169 g/mol. The molecule has 2 aliphatic heterocycles. The summed E-state index contributed by atoms with van der Waals surface area (Å²) in [5.41, 5.74) is 0. The van der Waals surface area contributed by atoms with Crippen LogP contribution in [0, 0.1) is 0 Å². The largest absolute Gasteiger partial charge is 0.228 e. The zero-order valence-corrected chi connectivity index (χ0v) is 6.54. The van der Waals surface area contributed by atoms with Crippen LogP contribution in [0.2, 0.25) is 0 Å². The van der Waals surface area contributed by atoms with Gasteiger partial charge >= 0.3 is 0 Å². The highest BCUT2D eigenvalue weighted by Gasteiger charge is 2.51. The minimum Gasteiger partial charge on any atom is -0.228 e. The van der Waals surface area contributed by atoms with E-state index in [4.69, 9.17) is 0 Å². The molecule has 1 saturated carbocycles. The molecule has 2 atom stereocenters. The van der Waals surface area contributed by atoms with Crippen molar-refractivity contribution in [1.82, 2.24) is 0 Å². The van der Waals surface area contributed by atoms with Gasteiger partial charge in [-0.05, 0) is 19.3 Å². The summed E-state index contributed by atoms with van der Waals surface area (Å²) in [5.74, 6) is 0. The summed E-state index contributed by atoms with van der Waals surface area (Å²) in [5, 5.41) is 0.153. The van der Waals surface area contributed by atoms with Crippen LogP contribution in [0.5, 0.6) is 0 Å². The van der Waals surface area contributed by atoms with E-state index in [9.17, 15) is 8.42 Å². The first-order chi connectivity index (χ1) is 3.71. The summed E-state index contributed by atoms with van der Waals surface area (Å²) in [6.45, 7) is 0. The molecule has 2 nitrogen and oxygen atoms in total. The maximum absolute atomic E-state index is 10.8. The van der Waals surface area contributed by atoms with E-state index in [-0.39, 0.29) is 22.9 Å². The lowest BCUT2D eigenvalue weighted by atomic mass is 10.3. The van der Waals surface area contributed by atoms with Crippen LogP contribution in [-0.4, -0.2) is 18.9 Å². The summed E-state index contributed by atoms with van der Waals surface area (Å²) >= 11 is 0. The van der Waals surface area contributed by atoms with Crippen molar-refractivity contribution >= 4 is 22.2 Å². The smallest absolute Gasteiger partial charge is 0.156 e. The average Bonchev–Trinajstić information content (AvgIpc) is 2.18. The van der Waals surface area contributed by atoms with E-state index in [0.29, 0.717) is 0 Å². The van der Waals surface area contributed by atoms with E-state index >= 15 is 0 Å². The van der Waals surface area contributed by atoms with Crippen molar-refractivity contribution in [3.63, 3.8) is 0 Å². The molecule has 4 heteroatoms. The Morgan fingerprint density at radius 3 is 1.67 bits per heavy atom. The first kappa shape index (κ1) is 7.35. The molecule has 3 fully saturated rings. The molecular formula is C5H9ClO2S. The summed E-state index contributed by atoms with van der Waals surface area (Å²) < 4.78 is 21.6. The lowest BCUT2D eigenvalue weighted by Gasteiger charge is -2.22. The molecule has 0 amide bonds. The summed E-state index contributed by atoms with van der Waals surface area (Å²) in [6, 6.07) is 0. The molecule has 0 aromatic heterocycles. The lowest BCUT2D eigenvalue weighted by Crippen LogP contribution is -2.36. The molecule has 0 spiro atoms. The van der Waals surface area contributed by atoms with Gasteiger partial charge in [-0.1, -0.05) is 0 Å². The molecule has 0 aromatic rings. The van der Waals surface area contributed by atoms with Crippen molar-refractivity contribution in [2.75, 3.05) is 0 Å². The Balaban J connectivity index is 0.000000405. The Morgan fingerprint density at radius 1 is 1.11 bits per heavy atom. The quantitative estimate of drug-likeness (QED) is 0.535. The van der Waals surface area contributed by atoms with Gasteiger partial charge in [-0.3, -0.25) is 0 Å². The van der Waals surface area contributed by atoms with Gasteiger partial charge in [-0.2, -0.15) is 0 Å². The third kappa shape index (κ3) is 0.711. The van der Waals surface area contributed by atoms with Crippen molar-refractivity contribution in [3.8, 4) is 0 Å². The van der Waals surface area contributed by atoms with Crippen LogP contribution in [0.1, 0.15) is 19.3 Å². The van der Waals surface area contributed by atoms with E-state index in [1.807, 2.05) is 0 Å². The van der Waals surface area contributed by atoms with Gasteiger partial charge in [0, 0.05) is 0 Å². The molecule has 0 radical (unpaired) electrons. The summed E-state index contributed by atoms with van der Waals surface area (Å²) in [6.07, 6.45) is 2.84. The predicted octanol–water partition coefficient (Wildman–Crippen LogP) is 0.758. The third-order valence-corrected chi connectivity index (χ3v) is 4.98. The zero-order valence-electron chi connectivity index (χ0n) is 4.91. The molecule has 3 rings (SSSR count).